The number of carboxylic acid groups (broad SMARTS) is 1. The highest BCUT2D eigenvalue weighted by molar-refractivity contribution is 9.10. The fourth-order valence-corrected chi connectivity index (χ4v) is 2.08. The molecule has 92 valence electrons. The fourth-order valence-electron chi connectivity index (χ4n) is 1.54. The van der Waals surface area contributed by atoms with Crippen molar-refractivity contribution in [2.24, 2.45) is 0 Å². The average Bonchev–Trinajstić information content (AvgIpc) is 2.29. The molecule has 0 atom stereocenters. The van der Waals surface area contributed by atoms with Gasteiger partial charge in [-0.2, -0.15) is 0 Å². The molecule has 1 rings (SSSR count). The Kier molecular flexibility index (Phi) is 5.22. The largest absolute Gasteiger partial charge is 0.496 e. The third kappa shape index (κ3) is 3.89. The lowest BCUT2D eigenvalue weighted by Crippen LogP contribution is -1.93. The molecule has 0 aliphatic rings. The van der Waals surface area contributed by atoms with Gasteiger partial charge in [-0.15, -0.1) is 0 Å². The van der Waals surface area contributed by atoms with Crippen molar-refractivity contribution < 1.29 is 14.6 Å². The second kappa shape index (κ2) is 6.45. The Bertz CT molecular complexity index is 438. The summed E-state index contributed by atoms with van der Waals surface area (Å²) < 4.78 is 6.02. The van der Waals surface area contributed by atoms with Crippen LogP contribution in [0.5, 0.6) is 5.75 Å². The van der Waals surface area contributed by atoms with Crippen molar-refractivity contribution in [2.45, 2.75) is 19.8 Å². The summed E-state index contributed by atoms with van der Waals surface area (Å²) in [7, 11) is 1.61. The summed E-state index contributed by atoms with van der Waals surface area (Å²) in [6, 6.07) is 5.74. The van der Waals surface area contributed by atoms with Gasteiger partial charge in [0.1, 0.15) is 5.75 Å². The SMILES string of the molecule is CC/C(=C\CC(=O)O)c1ccc(OC)c(Br)c1. The third-order valence-corrected chi connectivity index (χ3v) is 3.05. The number of benzene rings is 1. The number of halogens is 1. The van der Waals surface area contributed by atoms with Crippen LogP contribution in [0, 0.1) is 0 Å². The molecule has 4 heteroatoms. The molecule has 0 saturated heterocycles. The molecule has 0 amide bonds. The number of carboxylic acids is 1. The van der Waals surface area contributed by atoms with Crippen molar-refractivity contribution in [3.63, 3.8) is 0 Å². The number of ether oxygens (including phenoxy) is 1. The number of hydrogen-bond donors (Lipinski definition) is 1. The minimum atomic E-state index is -0.816. The van der Waals surface area contributed by atoms with E-state index >= 15 is 0 Å². The zero-order valence-electron chi connectivity index (χ0n) is 9.87. The predicted octanol–water partition coefficient (Wildman–Crippen LogP) is 3.73. The number of aliphatic carboxylic acids is 1. The van der Waals surface area contributed by atoms with Crippen LogP contribution in [0.2, 0.25) is 0 Å². The van der Waals surface area contributed by atoms with Crippen LogP contribution in [0.25, 0.3) is 5.57 Å². The number of rotatable bonds is 5. The van der Waals surface area contributed by atoms with Gasteiger partial charge in [0.2, 0.25) is 0 Å². The molecule has 1 N–H and O–H groups in total. The van der Waals surface area contributed by atoms with E-state index in [2.05, 4.69) is 15.9 Å². The lowest BCUT2D eigenvalue weighted by molar-refractivity contribution is -0.135. The zero-order chi connectivity index (χ0) is 12.8. The fraction of sp³-hybridized carbons (Fsp3) is 0.308. The lowest BCUT2D eigenvalue weighted by Gasteiger charge is -2.08. The monoisotopic (exact) mass is 298 g/mol. The maximum atomic E-state index is 10.5. The van der Waals surface area contributed by atoms with Gasteiger partial charge in [0.05, 0.1) is 18.0 Å². The second-order valence-electron chi connectivity index (χ2n) is 3.53. The van der Waals surface area contributed by atoms with E-state index in [0.717, 1.165) is 27.8 Å². The molecule has 3 nitrogen and oxygen atoms in total. The highest BCUT2D eigenvalue weighted by Gasteiger charge is 2.05. The van der Waals surface area contributed by atoms with E-state index in [0.29, 0.717) is 0 Å². The van der Waals surface area contributed by atoms with Crippen molar-refractivity contribution in [1.29, 1.82) is 0 Å². The molecule has 0 heterocycles. The predicted molar refractivity (Wildman–Crippen MR) is 71.2 cm³/mol. The van der Waals surface area contributed by atoms with E-state index in [-0.39, 0.29) is 6.42 Å². The van der Waals surface area contributed by atoms with Crippen LogP contribution in [0.4, 0.5) is 0 Å². The van der Waals surface area contributed by atoms with Gasteiger partial charge in [0, 0.05) is 0 Å². The Morgan fingerprint density at radius 2 is 2.24 bits per heavy atom. The van der Waals surface area contributed by atoms with Gasteiger partial charge < -0.3 is 9.84 Å². The number of carbonyl (C=O) groups is 1. The minimum absolute atomic E-state index is 0.0484. The standard InChI is InChI=1S/C13H15BrO3/c1-3-9(5-7-13(15)16)10-4-6-12(17-2)11(14)8-10/h4-6,8H,3,7H2,1-2H3,(H,15,16)/b9-5+. The van der Waals surface area contributed by atoms with Crippen LogP contribution in [-0.2, 0) is 4.79 Å². The first-order chi connectivity index (χ1) is 8.08. The molecule has 0 spiro atoms. The molecule has 0 aromatic heterocycles. The highest BCUT2D eigenvalue weighted by atomic mass is 79.9. The maximum Gasteiger partial charge on any atom is 0.307 e. The van der Waals surface area contributed by atoms with Gasteiger partial charge in [-0.3, -0.25) is 4.79 Å². The van der Waals surface area contributed by atoms with Crippen molar-refractivity contribution in [3.05, 3.63) is 34.3 Å². The average molecular weight is 299 g/mol. The van der Waals surface area contributed by atoms with Crippen LogP contribution < -0.4 is 4.74 Å². The van der Waals surface area contributed by atoms with Crippen LogP contribution in [0.3, 0.4) is 0 Å². The van der Waals surface area contributed by atoms with E-state index in [1.807, 2.05) is 25.1 Å². The quantitative estimate of drug-likeness (QED) is 0.901. The number of allylic oxidation sites excluding steroid dienone is 1. The Morgan fingerprint density at radius 1 is 1.53 bits per heavy atom. The topological polar surface area (TPSA) is 46.5 Å². The van der Waals surface area contributed by atoms with Crippen molar-refractivity contribution in [3.8, 4) is 5.75 Å². The van der Waals surface area contributed by atoms with Crippen molar-refractivity contribution in [2.75, 3.05) is 7.11 Å². The molecule has 0 aliphatic heterocycles. The second-order valence-corrected chi connectivity index (χ2v) is 4.38. The Hall–Kier alpha value is -1.29. The first kappa shape index (κ1) is 13.8. The van der Waals surface area contributed by atoms with Gasteiger partial charge in [-0.25, -0.2) is 0 Å². The summed E-state index contributed by atoms with van der Waals surface area (Å²) in [6.07, 6.45) is 2.59. The van der Waals surface area contributed by atoms with Crippen LogP contribution in [0.1, 0.15) is 25.3 Å². The van der Waals surface area contributed by atoms with Crippen molar-refractivity contribution in [1.82, 2.24) is 0 Å². The Morgan fingerprint density at radius 3 is 2.71 bits per heavy atom. The molecule has 0 unspecified atom stereocenters. The third-order valence-electron chi connectivity index (χ3n) is 2.43. The number of hydrogen-bond acceptors (Lipinski definition) is 2. The molecule has 1 aromatic carbocycles. The van der Waals surface area contributed by atoms with E-state index in [1.54, 1.807) is 13.2 Å². The first-order valence-electron chi connectivity index (χ1n) is 5.33. The smallest absolute Gasteiger partial charge is 0.307 e. The number of methoxy groups -OCH3 is 1. The highest BCUT2D eigenvalue weighted by Crippen LogP contribution is 2.29. The van der Waals surface area contributed by atoms with Gasteiger partial charge in [-0.05, 0) is 45.6 Å². The summed E-state index contributed by atoms with van der Waals surface area (Å²) in [5, 5.41) is 8.67. The maximum absolute atomic E-state index is 10.5. The molecule has 0 bridgehead atoms. The van der Waals surface area contributed by atoms with Crippen molar-refractivity contribution >= 4 is 27.5 Å². The normalized spacial score (nSPS) is 11.4. The van der Waals surface area contributed by atoms with E-state index in [4.69, 9.17) is 9.84 Å². The Balaban J connectivity index is 3.00. The molecule has 17 heavy (non-hydrogen) atoms. The van der Waals surface area contributed by atoms with E-state index in [1.165, 1.54) is 0 Å². The summed E-state index contributed by atoms with van der Waals surface area (Å²) in [5.41, 5.74) is 2.04. The first-order valence-corrected chi connectivity index (χ1v) is 6.12. The van der Waals surface area contributed by atoms with Gasteiger partial charge in [0.15, 0.2) is 0 Å². The van der Waals surface area contributed by atoms with Crippen LogP contribution in [-0.4, -0.2) is 18.2 Å². The molecule has 1 aromatic rings. The van der Waals surface area contributed by atoms with Gasteiger partial charge in [0.25, 0.3) is 0 Å². The van der Waals surface area contributed by atoms with Crippen LogP contribution >= 0.6 is 15.9 Å². The molecule has 0 saturated carbocycles. The lowest BCUT2D eigenvalue weighted by atomic mass is 10.0. The molecule has 0 fully saturated rings. The molecular formula is C13H15BrO3. The van der Waals surface area contributed by atoms with Crippen LogP contribution in [0.15, 0.2) is 28.7 Å². The molecule has 0 radical (unpaired) electrons. The zero-order valence-corrected chi connectivity index (χ0v) is 11.5. The van der Waals surface area contributed by atoms with Gasteiger partial charge >= 0.3 is 5.97 Å². The summed E-state index contributed by atoms with van der Waals surface area (Å²) >= 11 is 3.42. The summed E-state index contributed by atoms with van der Waals surface area (Å²) in [6.45, 7) is 2.01. The van der Waals surface area contributed by atoms with Gasteiger partial charge in [-0.1, -0.05) is 19.1 Å². The van der Waals surface area contributed by atoms with E-state index in [9.17, 15) is 4.79 Å². The molecular weight excluding hydrogens is 284 g/mol. The molecule has 0 aliphatic carbocycles. The Labute approximate surface area is 109 Å². The minimum Gasteiger partial charge on any atom is -0.496 e. The summed E-state index contributed by atoms with van der Waals surface area (Å²) in [5.74, 6) is -0.0500. The van der Waals surface area contributed by atoms with E-state index < -0.39 is 5.97 Å². The summed E-state index contributed by atoms with van der Waals surface area (Å²) in [4.78, 5) is 10.5.